The highest BCUT2D eigenvalue weighted by atomic mass is 16.5. The van der Waals surface area contributed by atoms with Gasteiger partial charge in [-0.1, -0.05) is 6.07 Å². The van der Waals surface area contributed by atoms with E-state index in [2.05, 4.69) is 27.5 Å². The minimum atomic E-state index is -0.916. The van der Waals surface area contributed by atoms with Gasteiger partial charge in [-0.25, -0.2) is 9.97 Å². The molecule has 180 valence electrons. The number of pyridine rings is 2. The van der Waals surface area contributed by atoms with E-state index in [0.717, 1.165) is 47.4 Å². The van der Waals surface area contributed by atoms with E-state index in [1.807, 2.05) is 30.5 Å². The van der Waals surface area contributed by atoms with Crippen molar-refractivity contribution < 1.29 is 19.4 Å². The first kappa shape index (κ1) is 22.6. The van der Waals surface area contributed by atoms with Gasteiger partial charge in [0.2, 0.25) is 5.88 Å². The van der Waals surface area contributed by atoms with Crippen LogP contribution in [0, 0.1) is 0 Å². The molecule has 2 N–H and O–H groups in total. The molecule has 1 aromatic carbocycles. The molecule has 1 atom stereocenters. The number of anilines is 1. The number of methoxy groups -OCH3 is 1. The third-order valence-corrected chi connectivity index (χ3v) is 6.12. The van der Waals surface area contributed by atoms with E-state index in [9.17, 15) is 9.90 Å². The van der Waals surface area contributed by atoms with Gasteiger partial charge in [0.15, 0.2) is 0 Å². The Morgan fingerprint density at radius 1 is 1.23 bits per heavy atom. The lowest BCUT2D eigenvalue weighted by Crippen LogP contribution is -2.16. The number of aromatic nitrogens is 4. The number of fused-ring (bicyclic) bond motifs is 2. The number of aliphatic carboxylic acids is 1. The first-order valence-corrected chi connectivity index (χ1v) is 11.6. The standard InChI is InChI=1S/C26H27N5O4/c1-34-24-9-6-18(15-28-24)23(14-25(32)33)31-16-19-5-8-21(13-22(19)30-31)35-12-10-20-7-4-17-3-2-11-27-26(17)29-20/h4-9,13,15-16,23H,2-3,10-12,14H2,1H3,(H,27,29)(H,32,33). The maximum Gasteiger partial charge on any atom is 0.305 e. The van der Waals surface area contributed by atoms with E-state index in [0.29, 0.717) is 24.7 Å². The Labute approximate surface area is 202 Å². The first-order chi connectivity index (χ1) is 17.1. The fraction of sp³-hybridized carbons (Fsp3) is 0.308. The number of benzene rings is 1. The number of carboxylic acid groups (broad SMARTS) is 1. The molecule has 4 aromatic rings. The first-order valence-electron chi connectivity index (χ1n) is 11.6. The van der Waals surface area contributed by atoms with E-state index < -0.39 is 12.0 Å². The van der Waals surface area contributed by atoms with Crippen LogP contribution in [0.3, 0.4) is 0 Å². The average Bonchev–Trinajstić information content (AvgIpc) is 3.30. The molecule has 0 bridgehead atoms. The van der Waals surface area contributed by atoms with E-state index in [-0.39, 0.29) is 6.42 Å². The second kappa shape index (κ2) is 10.0. The SMILES string of the molecule is COc1ccc(C(CC(=O)O)n2cc3ccc(OCCc4ccc5c(n4)NCCC5)cc3n2)cn1. The van der Waals surface area contributed by atoms with Crippen LogP contribution in [-0.4, -0.2) is 51.1 Å². The molecule has 0 fully saturated rings. The summed E-state index contributed by atoms with van der Waals surface area (Å²) >= 11 is 0. The Morgan fingerprint density at radius 2 is 2.14 bits per heavy atom. The molecule has 0 saturated heterocycles. The van der Waals surface area contributed by atoms with Crippen molar-refractivity contribution in [2.75, 3.05) is 25.6 Å². The Hall–Kier alpha value is -4.14. The molecule has 0 saturated carbocycles. The van der Waals surface area contributed by atoms with Crippen molar-refractivity contribution in [3.05, 3.63) is 71.7 Å². The van der Waals surface area contributed by atoms with Gasteiger partial charge in [0.25, 0.3) is 0 Å². The Bertz CT molecular complexity index is 1340. The summed E-state index contributed by atoms with van der Waals surface area (Å²) in [5.74, 6) is 1.25. The second-order valence-corrected chi connectivity index (χ2v) is 8.52. The quantitative estimate of drug-likeness (QED) is 0.377. The molecule has 0 radical (unpaired) electrons. The Balaban J connectivity index is 1.29. The zero-order valence-electron chi connectivity index (χ0n) is 19.5. The predicted molar refractivity (Wildman–Crippen MR) is 131 cm³/mol. The maximum absolute atomic E-state index is 11.5. The molecule has 1 unspecified atom stereocenters. The highest BCUT2D eigenvalue weighted by Gasteiger charge is 2.20. The number of hydrogen-bond donors (Lipinski definition) is 2. The average molecular weight is 474 g/mol. The van der Waals surface area contributed by atoms with Crippen molar-refractivity contribution in [1.82, 2.24) is 19.7 Å². The summed E-state index contributed by atoms with van der Waals surface area (Å²) in [5, 5.41) is 18.4. The Kier molecular flexibility index (Phi) is 6.47. The molecule has 4 heterocycles. The third kappa shape index (κ3) is 5.18. The topological polar surface area (TPSA) is 111 Å². The van der Waals surface area contributed by atoms with Gasteiger partial charge in [0.1, 0.15) is 11.6 Å². The lowest BCUT2D eigenvalue weighted by atomic mass is 10.1. The van der Waals surface area contributed by atoms with Gasteiger partial charge in [-0.2, -0.15) is 5.10 Å². The normalized spacial score (nSPS) is 13.6. The number of rotatable bonds is 9. The van der Waals surface area contributed by atoms with Crippen LogP contribution in [0.25, 0.3) is 10.9 Å². The molecule has 0 spiro atoms. The monoisotopic (exact) mass is 473 g/mol. The Morgan fingerprint density at radius 3 is 2.94 bits per heavy atom. The lowest BCUT2D eigenvalue weighted by Gasteiger charge is -2.17. The van der Waals surface area contributed by atoms with Crippen molar-refractivity contribution in [3.8, 4) is 11.6 Å². The largest absolute Gasteiger partial charge is 0.493 e. The van der Waals surface area contributed by atoms with Gasteiger partial charge >= 0.3 is 5.97 Å². The predicted octanol–water partition coefficient (Wildman–Crippen LogP) is 3.88. The highest BCUT2D eigenvalue weighted by Crippen LogP contribution is 2.27. The molecule has 9 heteroatoms. The summed E-state index contributed by atoms with van der Waals surface area (Å²) in [6.45, 7) is 1.46. The van der Waals surface area contributed by atoms with Crippen LogP contribution in [0.4, 0.5) is 5.82 Å². The number of carboxylic acids is 1. The summed E-state index contributed by atoms with van der Waals surface area (Å²) in [6, 6.07) is 12.9. The summed E-state index contributed by atoms with van der Waals surface area (Å²) in [4.78, 5) is 20.5. The molecule has 9 nitrogen and oxygen atoms in total. The zero-order valence-corrected chi connectivity index (χ0v) is 19.5. The van der Waals surface area contributed by atoms with Crippen LogP contribution in [-0.2, 0) is 17.6 Å². The van der Waals surface area contributed by atoms with Crippen molar-refractivity contribution >= 4 is 22.7 Å². The van der Waals surface area contributed by atoms with Gasteiger partial charge in [0, 0.05) is 48.6 Å². The third-order valence-electron chi connectivity index (χ3n) is 6.12. The van der Waals surface area contributed by atoms with Crippen molar-refractivity contribution in [2.24, 2.45) is 0 Å². The van der Waals surface area contributed by atoms with E-state index in [4.69, 9.17) is 14.5 Å². The van der Waals surface area contributed by atoms with Crippen LogP contribution in [0.5, 0.6) is 11.6 Å². The van der Waals surface area contributed by atoms with Crippen LogP contribution in [0.1, 0.15) is 35.7 Å². The van der Waals surface area contributed by atoms with Crippen molar-refractivity contribution in [1.29, 1.82) is 0 Å². The molecule has 1 aliphatic rings. The second-order valence-electron chi connectivity index (χ2n) is 8.52. The number of nitrogens with zero attached hydrogens (tertiary/aromatic N) is 4. The summed E-state index contributed by atoms with van der Waals surface area (Å²) in [6.07, 6.45) is 6.27. The van der Waals surface area contributed by atoms with Crippen molar-refractivity contribution in [2.45, 2.75) is 31.7 Å². The van der Waals surface area contributed by atoms with Gasteiger partial charge < -0.3 is 19.9 Å². The number of carbonyl (C=O) groups is 1. The van der Waals surface area contributed by atoms with E-state index in [1.165, 1.54) is 12.7 Å². The van der Waals surface area contributed by atoms with Gasteiger partial charge in [-0.3, -0.25) is 9.48 Å². The van der Waals surface area contributed by atoms with E-state index >= 15 is 0 Å². The summed E-state index contributed by atoms with van der Waals surface area (Å²) < 4.78 is 12.8. The lowest BCUT2D eigenvalue weighted by molar-refractivity contribution is -0.137. The highest BCUT2D eigenvalue weighted by molar-refractivity contribution is 5.79. The van der Waals surface area contributed by atoms with Crippen LogP contribution >= 0.6 is 0 Å². The maximum atomic E-state index is 11.5. The molecule has 0 amide bonds. The number of hydrogen-bond acceptors (Lipinski definition) is 7. The summed E-state index contributed by atoms with van der Waals surface area (Å²) in [5.41, 5.74) is 3.74. The smallest absolute Gasteiger partial charge is 0.305 e. The van der Waals surface area contributed by atoms with Crippen LogP contribution in [0.15, 0.2) is 54.9 Å². The van der Waals surface area contributed by atoms with Crippen molar-refractivity contribution in [3.63, 3.8) is 0 Å². The number of ether oxygens (including phenoxy) is 2. The summed E-state index contributed by atoms with van der Waals surface area (Å²) in [7, 11) is 1.54. The fourth-order valence-corrected chi connectivity index (χ4v) is 4.29. The van der Waals surface area contributed by atoms with Crippen LogP contribution < -0.4 is 14.8 Å². The minimum Gasteiger partial charge on any atom is -0.493 e. The molecular weight excluding hydrogens is 446 g/mol. The molecular formula is C26H27N5O4. The molecule has 5 rings (SSSR count). The molecule has 3 aromatic heterocycles. The van der Waals surface area contributed by atoms with Gasteiger partial charge in [0.05, 0.1) is 31.7 Å². The molecule has 0 aliphatic carbocycles. The number of aryl methyl sites for hydroxylation is 1. The zero-order chi connectivity index (χ0) is 24.2. The molecule has 1 aliphatic heterocycles. The fourth-order valence-electron chi connectivity index (χ4n) is 4.29. The van der Waals surface area contributed by atoms with Gasteiger partial charge in [-0.05, 0) is 48.2 Å². The van der Waals surface area contributed by atoms with Crippen LogP contribution in [0.2, 0.25) is 0 Å². The van der Waals surface area contributed by atoms with Gasteiger partial charge in [-0.15, -0.1) is 0 Å². The molecule has 35 heavy (non-hydrogen) atoms. The number of nitrogens with one attached hydrogen (secondary N) is 1. The van der Waals surface area contributed by atoms with E-state index in [1.54, 1.807) is 16.9 Å². The minimum absolute atomic E-state index is 0.117.